The van der Waals surface area contributed by atoms with Crippen LogP contribution in [0.25, 0.3) is 0 Å². The van der Waals surface area contributed by atoms with Crippen LogP contribution >= 0.6 is 0 Å². The molecule has 2 N–H and O–H groups in total. The van der Waals surface area contributed by atoms with Crippen molar-refractivity contribution >= 4 is 27.9 Å². The lowest BCUT2D eigenvalue weighted by molar-refractivity contribution is -0.123. The lowest BCUT2D eigenvalue weighted by Gasteiger charge is -2.25. The summed E-state index contributed by atoms with van der Waals surface area (Å²) in [7, 11) is -3.69. The van der Waals surface area contributed by atoms with E-state index >= 15 is 0 Å². The van der Waals surface area contributed by atoms with Crippen LogP contribution in [0.2, 0.25) is 0 Å². The minimum atomic E-state index is -3.69. The molecule has 1 aliphatic heterocycles. The van der Waals surface area contributed by atoms with Gasteiger partial charge in [0.25, 0.3) is 5.91 Å². The zero-order valence-electron chi connectivity index (χ0n) is 16.6. The summed E-state index contributed by atoms with van der Waals surface area (Å²) in [6.45, 7) is 4.47. The predicted molar refractivity (Wildman–Crippen MR) is 106 cm³/mol. The Hall–Kier alpha value is -2.46. The van der Waals surface area contributed by atoms with Gasteiger partial charge in [-0.1, -0.05) is 26.3 Å². The van der Waals surface area contributed by atoms with Crippen LogP contribution < -0.4 is 10.6 Å². The Kier molecular flexibility index (Phi) is 8.15. The molecule has 10 heteroatoms. The molecule has 1 aromatic carbocycles. The molecule has 0 atom stereocenters. The molecule has 0 saturated carbocycles. The van der Waals surface area contributed by atoms with Crippen LogP contribution in [0.3, 0.4) is 0 Å². The fourth-order valence-electron chi connectivity index (χ4n) is 2.76. The first-order chi connectivity index (χ1) is 13.7. The topological polar surface area (TPSA) is 122 Å². The zero-order valence-corrected chi connectivity index (χ0v) is 17.5. The minimum absolute atomic E-state index is 0.00589. The van der Waals surface area contributed by atoms with Crippen molar-refractivity contribution in [2.45, 2.75) is 38.0 Å². The fourth-order valence-corrected chi connectivity index (χ4v) is 4.32. The third kappa shape index (κ3) is 6.82. The number of hydrogen-bond donors (Lipinski definition) is 2. The van der Waals surface area contributed by atoms with Crippen LogP contribution in [0.1, 0.15) is 43.5 Å². The second-order valence-electron chi connectivity index (χ2n) is 7.22. The quantitative estimate of drug-likeness (QED) is 0.639. The Morgan fingerprint density at radius 2 is 1.83 bits per heavy atom. The van der Waals surface area contributed by atoms with Gasteiger partial charge in [-0.15, -0.1) is 0 Å². The van der Waals surface area contributed by atoms with E-state index in [0.717, 1.165) is 19.3 Å². The van der Waals surface area contributed by atoms with Crippen LogP contribution in [0.15, 0.2) is 29.2 Å². The minimum Gasteiger partial charge on any atom is -0.452 e. The average Bonchev–Trinajstić information content (AvgIpc) is 2.71. The number of nitrogens with zero attached hydrogens (tertiary/aromatic N) is 1. The molecule has 0 spiro atoms. The first-order valence-electron chi connectivity index (χ1n) is 9.55. The van der Waals surface area contributed by atoms with E-state index in [0.29, 0.717) is 19.6 Å². The number of benzene rings is 1. The number of imide groups is 1. The van der Waals surface area contributed by atoms with Gasteiger partial charge >= 0.3 is 12.0 Å². The highest BCUT2D eigenvalue weighted by atomic mass is 32.2. The largest absolute Gasteiger partial charge is 0.452 e. The van der Waals surface area contributed by atoms with Crippen molar-refractivity contribution in [2.24, 2.45) is 5.92 Å². The van der Waals surface area contributed by atoms with E-state index in [4.69, 9.17) is 4.74 Å². The Balaban J connectivity index is 1.93. The summed E-state index contributed by atoms with van der Waals surface area (Å²) in [5, 5.41) is 4.56. The Morgan fingerprint density at radius 3 is 2.48 bits per heavy atom. The second kappa shape index (κ2) is 10.4. The van der Waals surface area contributed by atoms with Gasteiger partial charge in [0.1, 0.15) is 0 Å². The van der Waals surface area contributed by atoms with Crippen molar-refractivity contribution in [2.75, 3.05) is 26.2 Å². The van der Waals surface area contributed by atoms with Crippen molar-refractivity contribution in [3.63, 3.8) is 0 Å². The standard InChI is InChI=1S/C19H27N3O6S/c1-14(2)12-20-19(25)21-17(23)13-28-18(24)15-7-6-8-16(11-15)29(26,27)22-9-4-3-5-10-22/h6-8,11,14H,3-5,9-10,12-13H2,1-2H3,(H2,20,21,23,25). The lowest BCUT2D eigenvalue weighted by Crippen LogP contribution is -2.42. The number of hydrogen-bond acceptors (Lipinski definition) is 6. The number of amides is 3. The first-order valence-corrected chi connectivity index (χ1v) is 11.0. The molecular formula is C19H27N3O6S. The predicted octanol–water partition coefficient (Wildman–Crippen LogP) is 1.50. The molecule has 1 fully saturated rings. The summed E-state index contributed by atoms with van der Waals surface area (Å²) >= 11 is 0. The number of sulfonamides is 1. The Bertz CT molecular complexity index is 847. The third-order valence-corrected chi connectivity index (χ3v) is 6.18. The summed E-state index contributed by atoms with van der Waals surface area (Å²) in [6, 6.07) is 4.85. The summed E-state index contributed by atoms with van der Waals surface area (Å²) in [5.41, 5.74) is 0.0140. The normalized spacial score (nSPS) is 15.0. The number of carbonyl (C=O) groups excluding carboxylic acids is 3. The Labute approximate surface area is 170 Å². The number of ether oxygens (including phenoxy) is 1. The van der Waals surface area contributed by atoms with E-state index < -0.39 is 34.5 Å². The van der Waals surface area contributed by atoms with Gasteiger partial charge in [0.15, 0.2) is 6.61 Å². The van der Waals surface area contributed by atoms with E-state index in [2.05, 4.69) is 10.6 Å². The Morgan fingerprint density at radius 1 is 1.14 bits per heavy atom. The van der Waals surface area contributed by atoms with Crippen molar-refractivity contribution in [1.29, 1.82) is 0 Å². The number of nitrogens with one attached hydrogen (secondary N) is 2. The van der Waals surface area contributed by atoms with Gasteiger partial charge in [0, 0.05) is 19.6 Å². The maximum absolute atomic E-state index is 12.7. The van der Waals surface area contributed by atoms with Crippen molar-refractivity contribution in [3.05, 3.63) is 29.8 Å². The summed E-state index contributed by atoms with van der Waals surface area (Å²) in [5.74, 6) is -1.41. The summed E-state index contributed by atoms with van der Waals surface area (Å²) in [4.78, 5) is 35.4. The smallest absolute Gasteiger partial charge is 0.338 e. The SMILES string of the molecule is CC(C)CNC(=O)NC(=O)COC(=O)c1cccc(S(=O)(=O)N2CCCCC2)c1. The molecule has 0 radical (unpaired) electrons. The highest BCUT2D eigenvalue weighted by Crippen LogP contribution is 2.21. The second-order valence-corrected chi connectivity index (χ2v) is 9.16. The average molecular weight is 426 g/mol. The molecule has 1 aromatic rings. The lowest BCUT2D eigenvalue weighted by atomic mass is 10.2. The number of carbonyl (C=O) groups is 3. The molecule has 1 saturated heterocycles. The van der Waals surface area contributed by atoms with E-state index in [1.807, 2.05) is 13.8 Å². The molecule has 0 aliphatic carbocycles. The van der Waals surface area contributed by atoms with Crippen LogP contribution in [0, 0.1) is 5.92 Å². The van der Waals surface area contributed by atoms with E-state index in [-0.39, 0.29) is 16.4 Å². The molecule has 2 rings (SSSR count). The summed E-state index contributed by atoms with van der Waals surface area (Å²) < 4.78 is 31.7. The maximum Gasteiger partial charge on any atom is 0.338 e. The highest BCUT2D eigenvalue weighted by molar-refractivity contribution is 7.89. The van der Waals surface area contributed by atoms with Crippen LogP contribution in [0.5, 0.6) is 0 Å². The third-order valence-electron chi connectivity index (χ3n) is 4.28. The molecule has 1 aliphatic rings. The van der Waals surface area contributed by atoms with Crippen molar-refractivity contribution in [3.8, 4) is 0 Å². The van der Waals surface area contributed by atoms with Gasteiger partial charge < -0.3 is 10.1 Å². The van der Waals surface area contributed by atoms with Crippen LogP contribution in [-0.2, 0) is 19.6 Å². The van der Waals surface area contributed by atoms with E-state index in [1.165, 1.54) is 28.6 Å². The number of piperidine rings is 1. The van der Waals surface area contributed by atoms with E-state index in [9.17, 15) is 22.8 Å². The van der Waals surface area contributed by atoms with Crippen LogP contribution in [0.4, 0.5) is 4.79 Å². The highest BCUT2D eigenvalue weighted by Gasteiger charge is 2.26. The van der Waals surface area contributed by atoms with Crippen LogP contribution in [-0.4, -0.2) is 56.9 Å². The van der Waals surface area contributed by atoms with Gasteiger partial charge in [-0.2, -0.15) is 4.31 Å². The van der Waals surface area contributed by atoms with Gasteiger partial charge in [-0.05, 0) is 37.0 Å². The number of rotatable bonds is 7. The van der Waals surface area contributed by atoms with Gasteiger partial charge in [-0.25, -0.2) is 18.0 Å². The van der Waals surface area contributed by atoms with Gasteiger partial charge in [-0.3, -0.25) is 10.1 Å². The zero-order chi connectivity index (χ0) is 21.4. The molecule has 160 valence electrons. The molecule has 0 bridgehead atoms. The van der Waals surface area contributed by atoms with E-state index in [1.54, 1.807) is 0 Å². The molecule has 29 heavy (non-hydrogen) atoms. The molecule has 0 unspecified atom stereocenters. The summed E-state index contributed by atoms with van der Waals surface area (Å²) in [6.07, 6.45) is 2.61. The number of urea groups is 1. The maximum atomic E-state index is 12.7. The van der Waals surface area contributed by atoms with Crippen molar-refractivity contribution < 1.29 is 27.5 Å². The van der Waals surface area contributed by atoms with Gasteiger partial charge in [0.05, 0.1) is 10.5 Å². The molecule has 0 aromatic heterocycles. The van der Waals surface area contributed by atoms with Crippen molar-refractivity contribution in [1.82, 2.24) is 14.9 Å². The first kappa shape index (κ1) is 22.8. The molecule has 3 amide bonds. The molecular weight excluding hydrogens is 398 g/mol. The fraction of sp³-hybridized carbons (Fsp3) is 0.526. The van der Waals surface area contributed by atoms with Gasteiger partial charge in [0.2, 0.25) is 10.0 Å². The number of esters is 1. The molecule has 1 heterocycles. The molecule has 9 nitrogen and oxygen atoms in total. The monoisotopic (exact) mass is 425 g/mol.